The Morgan fingerprint density at radius 2 is 2.00 bits per heavy atom. The molecule has 23 heavy (non-hydrogen) atoms. The molecule has 1 N–H and O–H groups in total. The highest BCUT2D eigenvalue weighted by atomic mass is 16.6. The number of ether oxygens (including phenoxy) is 1. The number of nitrogens with zero attached hydrogens (tertiary/aromatic N) is 2. The van der Waals surface area contributed by atoms with E-state index in [-0.39, 0.29) is 12.1 Å². The summed E-state index contributed by atoms with van der Waals surface area (Å²) >= 11 is 0. The molecule has 5 heteroatoms. The molecule has 0 radical (unpaired) electrons. The van der Waals surface area contributed by atoms with Gasteiger partial charge >= 0.3 is 6.09 Å². The molecule has 0 spiro atoms. The largest absolute Gasteiger partial charge is 0.444 e. The molecule has 1 heterocycles. The summed E-state index contributed by atoms with van der Waals surface area (Å²) in [7, 11) is 0. The number of nitrogens with one attached hydrogen (secondary N) is 1. The highest BCUT2D eigenvalue weighted by Crippen LogP contribution is 2.26. The molecule has 1 aliphatic heterocycles. The smallest absolute Gasteiger partial charge is 0.410 e. The Balaban J connectivity index is 1.73. The number of piperidine rings is 1. The van der Waals surface area contributed by atoms with Crippen molar-refractivity contribution in [2.45, 2.75) is 77.5 Å². The molecular weight excluding hydrogens is 290 g/mol. The lowest BCUT2D eigenvalue weighted by molar-refractivity contribution is 0.00993. The lowest BCUT2D eigenvalue weighted by atomic mass is 10.0. The average molecular weight is 325 g/mol. The second-order valence-electron chi connectivity index (χ2n) is 7.89. The second-order valence-corrected chi connectivity index (χ2v) is 7.89. The van der Waals surface area contributed by atoms with Crippen LogP contribution in [0.1, 0.15) is 59.8 Å². The van der Waals surface area contributed by atoms with Crippen LogP contribution in [0.15, 0.2) is 0 Å². The van der Waals surface area contributed by atoms with Crippen LogP contribution in [0.5, 0.6) is 0 Å². The number of carbonyl (C=O) groups is 1. The minimum atomic E-state index is -0.418. The van der Waals surface area contributed by atoms with E-state index < -0.39 is 5.60 Å². The molecule has 2 fully saturated rings. The molecule has 2 rings (SSSR count). The van der Waals surface area contributed by atoms with Gasteiger partial charge in [-0.05, 0) is 59.4 Å². The summed E-state index contributed by atoms with van der Waals surface area (Å²) in [5, 5.41) is 3.56. The number of hydrogen-bond donors (Lipinski definition) is 1. The molecule has 1 aliphatic carbocycles. The molecule has 0 aromatic carbocycles. The monoisotopic (exact) mass is 325 g/mol. The molecule has 0 aromatic heterocycles. The molecule has 1 saturated carbocycles. The van der Waals surface area contributed by atoms with Crippen molar-refractivity contribution >= 4 is 6.09 Å². The number of likely N-dealkylation sites (N-methyl/N-ethyl adjacent to an activating group) is 1. The zero-order valence-corrected chi connectivity index (χ0v) is 15.4. The van der Waals surface area contributed by atoms with Crippen molar-refractivity contribution < 1.29 is 9.53 Å². The fraction of sp³-hybridized carbons (Fsp3) is 0.944. The second kappa shape index (κ2) is 8.34. The number of hydrogen-bond acceptors (Lipinski definition) is 4. The van der Waals surface area contributed by atoms with Crippen LogP contribution in [-0.2, 0) is 4.74 Å². The zero-order valence-electron chi connectivity index (χ0n) is 15.4. The highest BCUT2D eigenvalue weighted by Gasteiger charge is 2.30. The van der Waals surface area contributed by atoms with Gasteiger partial charge in [0.25, 0.3) is 0 Å². The van der Waals surface area contributed by atoms with Crippen LogP contribution in [0.4, 0.5) is 4.79 Å². The number of rotatable bonds is 7. The summed E-state index contributed by atoms with van der Waals surface area (Å²) in [6.07, 6.45) is 5.94. The molecule has 1 amide bonds. The lowest BCUT2D eigenvalue weighted by Gasteiger charge is -2.37. The first-order valence-corrected chi connectivity index (χ1v) is 9.35. The molecule has 0 bridgehead atoms. The summed E-state index contributed by atoms with van der Waals surface area (Å²) in [5.74, 6) is 0. The van der Waals surface area contributed by atoms with E-state index in [4.69, 9.17) is 4.74 Å². The summed E-state index contributed by atoms with van der Waals surface area (Å²) in [4.78, 5) is 16.9. The van der Waals surface area contributed by atoms with Crippen LogP contribution >= 0.6 is 0 Å². The van der Waals surface area contributed by atoms with E-state index >= 15 is 0 Å². The number of carbonyl (C=O) groups excluding carboxylic acids is 1. The van der Waals surface area contributed by atoms with Gasteiger partial charge in [-0.1, -0.05) is 6.92 Å². The van der Waals surface area contributed by atoms with Gasteiger partial charge in [-0.25, -0.2) is 4.79 Å². The summed E-state index contributed by atoms with van der Waals surface area (Å²) < 4.78 is 5.56. The Morgan fingerprint density at radius 1 is 1.26 bits per heavy atom. The minimum absolute atomic E-state index is 0.155. The SMILES string of the molecule is CCN(CCNCC1CCCCN1C(=O)OC(C)(C)C)C1CC1. The van der Waals surface area contributed by atoms with E-state index in [9.17, 15) is 4.79 Å². The molecule has 1 unspecified atom stereocenters. The Hall–Kier alpha value is -0.810. The maximum atomic E-state index is 12.4. The van der Waals surface area contributed by atoms with E-state index in [0.717, 1.165) is 51.6 Å². The van der Waals surface area contributed by atoms with Crippen molar-refractivity contribution in [3.8, 4) is 0 Å². The first kappa shape index (κ1) is 18.5. The quantitative estimate of drug-likeness (QED) is 0.731. The molecule has 5 nitrogen and oxygen atoms in total. The maximum absolute atomic E-state index is 12.4. The van der Waals surface area contributed by atoms with Crippen molar-refractivity contribution in [3.05, 3.63) is 0 Å². The van der Waals surface area contributed by atoms with E-state index in [1.807, 2.05) is 25.7 Å². The predicted octanol–water partition coefficient (Wildman–Crippen LogP) is 2.85. The van der Waals surface area contributed by atoms with Gasteiger partial charge < -0.3 is 15.0 Å². The standard InChI is InChI=1S/C18H35N3O2/c1-5-20(15-9-10-15)13-11-19-14-16-8-6-7-12-21(16)17(22)23-18(2,3)4/h15-16,19H,5-14H2,1-4H3. The van der Waals surface area contributed by atoms with E-state index in [1.54, 1.807) is 0 Å². The Bertz CT molecular complexity index is 377. The van der Waals surface area contributed by atoms with E-state index in [1.165, 1.54) is 19.3 Å². The maximum Gasteiger partial charge on any atom is 0.410 e. The van der Waals surface area contributed by atoms with Gasteiger partial charge in [-0.2, -0.15) is 0 Å². The van der Waals surface area contributed by atoms with Gasteiger partial charge in [-0.3, -0.25) is 4.90 Å². The van der Waals surface area contributed by atoms with Gasteiger partial charge in [0.15, 0.2) is 0 Å². The Morgan fingerprint density at radius 3 is 2.61 bits per heavy atom. The topological polar surface area (TPSA) is 44.8 Å². The van der Waals surface area contributed by atoms with E-state index in [0.29, 0.717) is 0 Å². The molecular formula is C18H35N3O2. The Labute approximate surface area is 141 Å². The predicted molar refractivity (Wildman–Crippen MR) is 93.7 cm³/mol. The normalized spacial score (nSPS) is 22.5. The van der Waals surface area contributed by atoms with Crippen molar-refractivity contribution in [1.82, 2.24) is 15.1 Å². The molecule has 2 aliphatic rings. The summed E-state index contributed by atoms with van der Waals surface area (Å²) in [5.41, 5.74) is -0.418. The van der Waals surface area contributed by atoms with Crippen LogP contribution in [0.3, 0.4) is 0 Å². The Kier molecular flexibility index (Phi) is 6.72. The third-order valence-corrected chi connectivity index (χ3v) is 4.68. The van der Waals surface area contributed by atoms with Crippen molar-refractivity contribution in [3.63, 3.8) is 0 Å². The lowest BCUT2D eigenvalue weighted by Crippen LogP contribution is -2.50. The fourth-order valence-electron chi connectivity index (χ4n) is 3.30. The number of likely N-dealkylation sites (tertiary alicyclic amines) is 1. The van der Waals surface area contributed by atoms with Crippen LogP contribution in [0.2, 0.25) is 0 Å². The first-order valence-electron chi connectivity index (χ1n) is 9.35. The molecule has 134 valence electrons. The van der Waals surface area contributed by atoms with Crippen LogP contribution in [0.25, 0.3) is 0 Å². The molecule has 0 aromatic rings. The van der Waals surface area contributed by atoms with Gasteiger partial charge in [0.2, 0.25) is 0 Å². The minimum Gasteiger partial charge on any atom is -0.444 e. The van der Waals surface area contributed by atoms with Crippen LogP contribution in [-0.4, -0.2) is 66.3 Å². The average Bonchev–Trinajstić information content (AvgIpc) is 3.30. The molecule has 1 atom stereocenters. The summed E-state index contributed by atoms with van der Waals surface area (Å²) in [6, 6.07) is 1.10. The van der Waals surface area contributed by atoms with Gasteiger partial charge in [0.05, 0.1) is 0 Å². The zero-order chi connectivity index (χ0) is 16.9. The third-order valence-electron chi connectivity index (χ3n) is 4.68. The van der Waals surface area contributed by atoms with Crippen LogP contribution in [0, 0.1) is 0 Å². The van der Waals surface area contributed by atoms with Gasteiger partial charge in [0.1, 0.15) is 5.60 Å². The van der Waals surface area contributed by atoms with Crippen LogP contribution < -0.4 is 5.32 Å². The van der Waals surface area contributed by atoms with Gasteiger partial charge in [-0.15, -0.1) is 0 Å². The third kappa shape index (κ3) is 6.30. The first-order chi connectivity index (χ1) is 10.9. The van der Waals surface area contributed by atoms with Gasteiger partial charge in [0, 0.05) is 38.3 Å². The summed E-state index contributed by atoms with van der Waals surface area (Å²) in [6.45, 7) is 13.0. The van der Waals surface area contributed by atoms with Crippen molar-refractivity contribution in [1.29, 1.82) is 0 Å². The van der Waals surface area contributed by atoms with E-state index in [2.05, 4.69) is 17.1 Å². The highest BCUT2D eigenvalue weighted by molar-refractivity contribution is 5.68. The molecule has 1 saturated heterocycles. The van der Waals surface area contributed by atoms with Crippen molar-refractivity contribution in [2.75, 3.05) is 32.7 Å². The van der Waals surface area contributed by atoms with Crippen molar-refractivity contribution in [2.24, 2.45) is 0 Å². The fourth-order valence-corrected chi connectivity index (χ4v) is 3.30. The number of amides is 1.